The van der Waals surface area contributed by atoms with Crippen LogP contribution in [0.15, 0.2) is 115 Å². The van der Waals surface area contributed by atoms with Gasteiger partial charge in [-0.2, -0.15) is 0 Å². The number of rotatable bonds is 9. The summed E-state index contributed by atoms with van der Waals surface area (Å²) in [7, 11) is 0. The van der Waals surface area contributed by atoms with Gasteiger partial charge in [0.05, 0.1) is 5.69 Å². The highest BCUT2D eigenvalue weighted by atomic mass is 19.1. The fraction of sp³-hybridized carbons (Fsp3) is 0.0333. The molecule has 0 fully saturated rings. The van der Waals surface area contributed by atoms with E-state index in [2.05, 4.69) is 10.1 Å². The van der Waals surface area contributed by atoms with Gasteiger partial charge < -0.3 is 14.7 Å². The summed E-state index contributed by atoms with van der Waals surface area (Å²) in [6, 6.07) is 23.2. The Morgan fingerprint density at radius 3 is 2.34 bits per heavy atom. The Hall–Kier alpha value is -5.11. The van der Waals surface area contributed by atoms with Gasteiger partial charge in [0.1, 0.15) is 29.8 Å². The van der Waals surface area contributed by atoms with E-state index in [0.29, 0.717) is 28.1 Å². The van der Waals surface area contributed by atoms with Crippen molar-refractivity contribution in [3.8, 4) is 5.75 Å². The Morgan fingerprint density at radius 2 is 1.66 bits per heavy atom. The molecule has 0 atom stereocenters. The van der Waals surface area contributed by atoms with E-state index in [9.17, 15) is 18.8 Å². The molecule has 0 amide bonds. The largest absolute Gasteiger partial charge is 0.489 e. The van der Waals surface area contributed by atoms with Crippen LogP contribution in [0.4, 0.5) is 8.78 Å². The molecule has 0 spiro atoms. The zero-order chi connectivity index (χ0) is 26.7. The molecule has 1 N–H and O–H groups in total. The number of allylic oxidation sites excluding steroid dienone is 2. The average molecular weight is 513 g/mol. The summed E-state index contributed by atoms with van der Waals surface area (Å²) in [6.07, 6.45) is 5.73. The fourth-order valence-electron chi connectivity index (χ4n) is 3.33. The molecule has 0 radical (unpaired) electrons. The maximum atomic E-state index is 13.4. The van der Waals surface area contributed by atoms with Gasteiger partial charge in [0.2, 0.25) is 0 Å². The molecular formula is C30H22F2N2O4. The van der Waals surface area contributed by atoms with Crippen molar-refractivity contribution in [1.82, 2.24) is 4.98 Å². The fourth-order valence-corrected chi connectivity index (χ4v) is 3.33. The first-order valence-electron chi connectivity index (χ1n) is 11.5. The van der Waals surface area contributed by atoms with Gasteiger partial charge in [-0.25, -0.2) is 8.78 Å². The Kier molecular flexibility index (Phi) is 8.70. The second-order valence-electron chi connectivity index (χ2n) is 7.96. The minimum Gasteiger partial charge on any atom is -0.489 e. The monoisotopic (exact) mass is 512 g/mol. The predicted octanol–water partition coefficient (Wildman–Crippen LogP) is 6.41. The molecule has 38 heavy (non-hydrogen) atoms. The first-order valence-corrected chi connectivity index (χ1v) is 11.5. The molecule has 0 aliphatic heterocycles. The number of benzene rings is 3. The molecule has 0 aliphatic rings. The maximum absolute atomic E-state index is 13.4. The molecule has 1 aromatic heterocycles. The van der Waals surface area contributed by atoms with Crippen LogP contribution in [0, 0.1) is 11.6 Å². The zero-order valence-electron chi connectivity index (χ0n) is 20.0. The van der Waals surface area contributed by atoms with Crippen molar-refractivity contribution in [2.75, 3.05) is 0 Å². The third-order valence-electron chi connectivity index (χ3n) is 5.20. The van der Waals surface area contributed by atoms with Gasteiger partial charge in [-0.05, 0) is 95.7 Å². The van der Waals surface area contributed by atoms with E-state index in [-0.39, 0.29) is 24.1 Å². The van der Waals surface area contributed by atoms with E-state index in [1.807, 2.05) is 0 Å². The summed E-state index contributed by atoms with van der Waals surface area (Å²) in [5.74, 6) is -0.872. The van der Waals surface area contributed by atoms with E-state index in [0.717, 1.165) is 0 Å². The summed E-state index contributed by atoms with van der Waals surface area (Å²) in [5.41, 5.74) is 2.05. The highest BCUT2D eigenvalue weighted by Gasteiger charge is 2.13. The standard InChI is InChI=1S/C30H22F2N2O4/c31-24-11-7-23(8-12-24)30(34-36)38-29(19-27(35)14-13-26-6-1-2-17-33-26)22-9-15-28(16-10-22)37-20-21-4-3-5-25(32)18-21/h1-19,36H,20H2. The zero-order valence-corrected chi connectivity index (χ0v) is 20.0. The first kappa shape index (κ1) is 26.0. The SMILES string of the molecule is O=C(C=Cc1ccccn1)C=C(OC(=NO)c1ccc(F)cc1)c1ccc(OCc2cccc(F)c2)cc1. The van der Waals surface area contributed by atoms with E-state index >= 15 is 0 Å². The Morgan fingerprint density at radius 1 is 0.895 bits per heavy atom. The smallest absolute Gasteiger partial charge is 0.262 e. The molecule has 4 rings (SSSR count). The van der Waals surface area contributed by atoms with Crippen LogP contribution in [0.25, 0.3) is 11.8 Å². The highest BCUT2D eigenvalue weighted by Crippen LogP contribution is 2.23. The molecule has 8 heteroatoms. The topological polar surface area (TPSA) is 81.0 Å². The second kappa shape index (κ2) is 12.7. The molecule has 4 aromatic rings. The first-order chi connectivity index (χ1) is 18.5. The lowest BCUT2D eigenvalue weighted by Crippen LogP contribution is -2.08. The highest BCUT2D eigenvalue weighted by molar-refractivity contribution is 6.07. The number of ether oxygens (including phenoxy) is 2. The Balaban J connectivity index is 1.57. The summed E-state index contributed by atoms with van der Waals surface area (Å²) in [6.45, 7) is 0.166. The van der Waals surface area contributed by atoms with Crippen molar-refractivity contribution in [3.05, 3.63) is 143 Å². The molecule has 190 valence electrons. The molecule has 3 aromatic carbocycles. The maximum Gasteiger partial charge on any atom is 0.262 e. The number of oxime groups is 1. The lowest BCUT2D eigenvalue weighted by molar-refractivity contribution is -0.110. The third kappa shape index (κ3) is 7.44. The summed E-state index contributed by atoms with van der Waals surface area (Å²) in [4.78, 5) is 16.9. The lowest BCUT2D eigenvalue weighted by atomic mass is 10.1. The normalized spacial score (nSPS) is 11.9. The number of aromatic nitrogens is 1. The Labute approximate surface area is 217 Å². The van der Waals surface area contributed by atoms with Gasteiger partial charge >= 0.3 is 0 Å². The van der Waals surface area contributed by atoms with Crippen molar-refractivity contribution in [1.29, 1.82) is 0 Å². The Bertz CT molecular complexity index is 1470. The van der Waals surface area contributed by atoms with E-state index in [4.69, 9.17) is 9.47 Å². The van der Waals surface area contributed by atoms with Gasteiger partial charge in [0.15, 0.2) is 5.78 Å². The van der Waals surface area contributed by atoms with Crippen LogP contribution in [0.5, 0.6) is 5.75 Å². The van der Waals surface area contributed by atoms with Gasteiger partial charge in [-0.3, -0.25) is 9.78 Å². The number of hydrogen-bond donors (Lipinski definition) is 1. The number of pyridine rings is 1. The van der Waals surface area contributed by atoms with Crippen molar-refractivity contribution in [2.24, 2.45) is 5.16 Å². The molecule has 6 nitrogen and oxygen atoms in total. The van der Waals surface area contributed by atoms with Gasteiger partial charge in [-0.1, -0.05) is 18.2 Å². The quantitative estimate of drug-likeness (QED) is 0.0700. The van der Waals surface area contributed by atoms with Crippen LogP contribution in [0.2, 0.25) is 0 Å². The van der Waals surface area contributed by atoms with Crippen LogP contribution in [0.1, 0.15) is 22.4 Å². The number of ketones is 1. The predicted molar refractivity (Wildman–Crippen MR) is 139 cm³/mol. The van der Waals surface area contributed by atoms with Crippen molar-refractivity contribution < 1.29 is 28.3 Å². The van der Waals surface area contributed by atoms with E-state index in [1.165, 1.54) is 48.6 Å². The minimum atomic E-state index is -0.467. The number of carbonyl (C=O) groups is 1. The summed E-state index contributed by atoms with van der Waals surface area (Å²) in [5, 5.41) is 12.7. The minimum absolute atomic E-state index is 0.0782. The molecule has 1 heterocycles. The molecule has 0 aliphatic carbocycles. The number of carbonyl (C=O) groups excluding carboxylic acids is 1. The number of hydrogen-bond acceptors (Lipinski definition) is 6. The molecule has 0 saturated heterocycles. The molecule has 0 unspecified atom stereocenters. The lowest BCUT2D eigenvalue weighted by Gasteiger charge is -2.12. The van der Waals surface area contributed by atoms with Crippen LogP contribution >= 0.6 is 0 Å². The van der Waals surface area contributed by atoms with Crippen molar-refractivity contribution in [2.45, 2.75) is 6.61 Å². The third-order valence-corrected chi connectivity index (χ3v) is 5.20. The van der Waals surface area contributed by atoms with Gasteiger partial charge in [0.25, 0.3) is 5.90 Å². The molecular weight excluding hydrogens is 490 g/mol. The van der Waals surface area contributed by atoms with Gasteiger partial charge in [0, 0.05) is 23.4 Å². The van der Waals surface area contributed by atoms with E-state index in [1.54, 1.807) is 66.9 Å². The second-order valence-corrected chi connectivity index (χ2v) is 7.96. The van der Waals surface area contributed by atoms with Crippen LogP contribution in [0.3, 0.4) is 0 Å². The van der Waals surface area contributed by atoms with Crippen LogP contribution in [-0.4, -0.2) is 21.9 Å². The average Bonchev–Trinajstić information content (AvgIpc) is 2.94. The molecule has 0 bridgehead atoms. The van der Waals surface area contributed by atoms with Crippen molar-refractivity contribution >= 4 is 23.5 Å². The molecule has 0 saturated carbocycles. The van der Waals surface area contributed by atoms with Crippen LogP contribution in [-0.2, 0) is 16.1 Å². The number of nitrogens with zero attached hydrogens (tertiary/aromatic N) is 2. The van der Waals surface area contributed by atoms with Gasteiger partial charge in [-0.15, -0.1) is 0 Å². The summed E-state index contributed by atoms with van der Waals surface area (Å²) >= 11 is 0. The summed E-state index contributed by atoms with van der Waals surface area (Å²) < 4.78 is 38.3. The van der Waals surface area contributed by atoms with Crippen LogP contribution < -0.4 is 4.74 Å². The van der Waals surface area contributed by atoms with E-state index < -0.39 is 11.6 Å². The van der Waals surface area contributed by atoms with Crippen molar-refractivity contribution in [3.63, 3.8) is 0 Å². The number of halogens is 2.